The Morgan fingerprint density at radius 2 is 2.08 bits per heavy atom. The molecule has 1 rings (SSSR count). The molecule has 3 nitrogen and oxygen atoms in total. The van der Waals surface area contributed by atoms with E-state index in [9.17, 15) is 18.0 Å². The Hall–Kier alpha value is -1.59. The van der Waals surface area contributed by atoms with Crippen molar-refractivity contribution < 1.29 is 23.1 Å². The number of rotatable bonds is 1. The van der Waals surface area contributed by atoms with Gasteiger partial charge in [0.15, 0.2) is 0 Å². The number of carboxylic acids is 1. The van der Waals surface area contributed by atoms with Crippen LogP contribution in [0.5, 0.6) is 0 Å². The summed E-state index contributed by atoms with van der Waals surface area (Å²) in [7, 11) is 0. The molecule has 13 heavy (non-hydrogen) atoms. The molecule has 1 aromatic heterocycles. The van der Waals surface area contributed by atoms with Crippen LogP contribution < -0.4 is 0 Å². The van der Waals surface area contributed by atoms with E-state index >= 15 is 0 Å². The minimum Gasteiger partial charge on any atom is -0.477 e. The summed E-state index contributed by atoms with van der Waals surface area (Å²) in [5.41, 5.74) is -1.63. The molecule has 0 aliphatic rings. The zero-order chi connectivity index (χ0) is 10.1. The molecule has 6 heteroatoms. The Morgan fingerprint density at radius 1 is 1.46 bits per heavy atom. The number of hydrogen-bond acceptors (Lipinski definition) is 2. The lowest BCUT2D eigenvalue weighted by Gasteiger charge is -2.05. The second-order valence-corrected chi connectivity index (χ2v) is 2.23. The fourth-order valence-corrected chi connectivity index (χ4v) is 0.724. The van der Waals surface area contributed by atoms with E-state index in [2.05, 4.69) is 4.98 Å². The van der Waals surface area contributed by atoms with Gasteiger partial charge in [0.25, 0.3) is 0 Å². The molecule has 70 valence electrons. The second-order valence-electron chi connectivity index (χ2n) is 2.23. The Labute approximate surface area is 70.8 Å². The maximum Gasteiger partial charge on any atom is 0.416 e. The molecule has 0 aliphatic carbocycles. The number of pyridine rings is 1. The molecular formula is C7H4F3NO2. The predicted molar refractivity (Wildman–Crippen MR) is 36.2 cm³/mol. The van der Waals surface area contributed by atoms with Crippen LogP contribution in [0.25, 0.3) is 0 Å². The molecule has 0 saturated carbocycles. The summed E-state index contributed by atoms with van der Waals surface area (Å²) in [4.78, 5) is 13.5. The molecule has 0 radical (unpaired) electrons. The molecule has 0 amide bonds. The average molecular weight is 191 g/mol. The SMILES string of the molecule is O=C(O)c1cc(C(F)(F)F)ccn1. The lowest BCUT2D eigenvalue weighted by Crippen LogP contribution is -2.08. The first kappa shape index (κ1) is 9.50. The van der Waals surface area contributed by atoms with Crippen LogP contribution in [0.1, 0.15) is 16.1 Å². The maximum absolute atomic E-state index is 12.0. The number of aromatic nitrogens is 1. The van der Waals surface area contributed by atoms with E-state index in [1.165, 1.54) is 0 Å². The summed E-state index contributed by atoms with van der Waals surface area (Å²) < 4.78 is 36.0. The van der Waals surface area contributed by atoms with Crippen LogP contribution in [-0.4, -0.2) is 16.1 Å². The molecule has 0 unspecified atom stereocenters. The highest BCUT2D eigenvalue weighted by atomic mass is 19.4. The van der Waals surface area contributed by atoms with Crippen molar-refractivity contribution in [1.29, 1.82) is 0 Å². The van der Waals surface area contributed by atoms with Crippen molar-refractivity contribution in [2.45, 2.75) is 6.18 Å². The van der Waals surface area contributed by atoms with Crippen LogP contribution in [0.15, 0.2) is 18.3 Å². The van der Waals surface area contributed by atoms with Crippen LogP contribution in [0.3, 0.4) is 0 Å². The molecule has 1 N–H and O–H groups in total. The fourth-order valence-electron chi connectivity index (χ4n) is 0.724. The van der Waals surface area contributed by atoms with E-state index in [-0.39, 0.29) is 0 Å². The van der Waals surface area contributed by atoms with Gasteiger partial charge in [-0.15, -0.1) is 0 Å². The van der Waals surface area contributed by atoms with Gasteiger partial charge in [-0.25, -0.2) is 9.78 Å². The normalized spacial score (nSPS) is 11.3. The number of nitrogens with zero attached hydrogens (tertiary/aromatic N) is 1. The summed E-state index contributed by atoms with van der Waals surface area (Å²) in [5.74, 6) is -1.48. The van der Waals surface area contributed by atoms with Crippen LogP contribution in [0.4, 0.5) is 13.2 Å². The smallest absolute Gasteiger partial charge is 0.416 e. The molecule has 0 saturated heterocycles. The molecule has 0 aliphatic heterocycles. The van der Waals surface area contributed by atoms with Crippen LogP contribution in [0, 0.1) is 0 Å². The fraction of sp³-hybridized carbons (Fsp3) is 0.143. The number of hydrogen-bond donors (Lipinski definition) is 1. The lowest BCUT2D eigenvalue weighted by atomic mass is 10.2. The number of alkyl halides is 3. The standard InChI is InChI=1S/C7H4F3NO2/c8-7(9,10)4-1-2-11-5(3-4)6(12)13/h1-3H,(H,12,13). The average Bonchev–Trinajstić information content (AvgIpc) is 2.03. The van der Waals surface area contributed by atoms with Gasteiger partial charge in [0, 0.05) is 6.20 Å². The maximum atomic E-state index is 12.0. The van der Waals surface area contributed by atoms with Crippen molar-refractivity contribution in [2.24, 2.45) is 0 Å². The molecule has 0 spiro atoms. The van der Waals surface area contributed by atoms with E-state index < -0.39 is 23.4 Å². The monoisotopic (exact) mass is 191 g/mol. The molecule has 1 aromatic rings. The predicted octanol–water partition coefficient (Wildman–Crippen LogP) is 1.80. The van der Waals surface area contributed by atoms with Gasteiger partial charge in [-0.3, -0.25) is 0 Å². The number of aromatic carboxylic acids is 1. The minimum absolute atomic E-state index is 0.488. The summed E-state index contributed by atoms with van der Waals surface area (Å²) in [6.45, 7) is 0. The zero-order valence-corrected chi connectivity index (χ0v) is 6.17. The molecule has 0 fully saturated rings. The third-order valence-electron chi connectivity index (χ3n) is 1.31. The van der Waals surface area contributed by atoms with E-state index in [0.29, 0.717) is 12.1 Å². The van der Waals surface area contributed by atoms with Crippen molar-refractivity contribution in [2.75, 3.05) is 0 Å². The van der Waals surface area contributed by atoms with Gasteiger partial charge >= 0.3 is 12.1 Å². The van der Waals surface area contributed by atoms with Gasteiger partial charge in [-0.05, 0) is 12.1 Å². The zero-order valence-electron chi connectivity index (χ0n) is 6.17. The molecule has 0 atom stereocenters. The van der Waals surface area contributed by atoms with E-state index in [1.807, 2.05) is 0 Å². The highest BCUT2D eigenvalue weighted by Crippen LogP contribution is 2.28. The van der Waals surface area contributed by atoms with Crippen molar-refractivity contribution in [3.63, 3.8) is 0 Å². The quantitative estimate of drug-likeness (QED) is 0.736. The largest absolute Gasteiger partial charge is 0.477 e. The van der Waals surface area contributed by atoms with Crippen molar-refractivity contribution in [3.05, 3.63) is 29.6 Å². The first-order chi connectivity index (χ1) is 5.91. The lowest BCUT2D eigenvalue weighted by molar-refractivity contribution is -0.137. The van der Waals surface area contributed by atoms with Gasteiger partial charge in [-0.1, -0.05) is 0 Å². The Morgan fingerprint density at radius 3 is 2.54 bits per heavy atom. The van der Waals surface area contributed by atoms with Crippen LogP contribution >= 0.6 is 0 Å². The van der Waals surface area contributed by atoms with Gasteiger partial charge in [0.05, 0.1) is 5.56 Å². The van der Waals surface area contributed by atoms with Gasteiger partial charge in [0.1, 0.15) is 5.69 Å². The summed E-state index contributed by atoms with van der Waals surface area (Å²) in [6.07, 6.45) is -3.72. The Bertz CT molecular complexity index is 335. The van der Waals surface area contributed by atoms with Crippen molar-refractivity contribution >= 4 is 5.97 Å². The molecule has 0 aromatic carbocycles. The van der Waals surface area contributed by atoms with Gasteiger partial charge in [0.2, 0.25) is 0 Å². The molecule has 0 bridgehead atoms. The third-order valence-corrected chi connectivity index (χ3v) is 1.31. The number of carboxylic acid groups (broad SMARTS) is 1. The van der Waals surface area contributed by atoms with Gasteiger partial charge < -0.3 is 5.11 Å². The highest BCUT2D eigenvalue weighted by molar-refractivity contribution is 5.85. The van der Waals surface area contributed by atoms with E-state index in [4.69, 9.17) is 5.11 Å². The Balaban J connectivity index is 3.13. The van der Waals surface area contributed by atoms with Crippen molar-refractivity contribution in [3.8, 4) is 0 Å². The highest BCUT2D eigenvalue weighted by Gasteiger charge is 2.31. The topological polar surface area (TPSA) is 50.2 Å². The van der Waals surface area contributed by atoms with E-state index in [1.54, 1.807) is 0 Å². The summed E-state index contributed by atoms with van der Waals surface area (Å²) in [6, 6.07) is 1.20. The first-order valence-electron chi connectivity index (χ1n) is 3.18. The van der Waals surface area contributed by atoms with Crippen LogP contribution in [0.2, 0.25) is 0 Å². The summed E-state index contributed by atoms with van der Waals surface area (Å²) in [5, 5.41) is 8.35. The summed E-state index contributed by atoms with van der Waals surface area (Å²) >= 11 is 0. The number of halogens is 3. The van der Waals surface area contributed by atoms with Crippen molar-refractivity contribution in [1.82, 2.24) is 4.98 Å². The molecule has 1 heterocycles. The van der Waals surface area contributed by atoms with E-state index in [0.717, 1.165) is 6.20 Å². The van der Waals surface area contributed by atoms with Gasteiger partial charge in [-0.2, -0.15) is 13.2 Å². The van der Waals surface area contributed by atoms with Crippen LogP contribution in [-0.2, 0) is 6.18 Å². The Kier molecular flexibility index (Phi) is 2.22. The first-order valence-corrected chi connectivity index (χ1v) is 3.18. The second kappa shape index (κ2) is 3.04. The third kappa shape index (κ3) is 2.17. The number of carbonyl (C=O) groups is 1. The minimum atomic E-state index is -4.53. The molecular weight excluding hydrogens is 187 g/mol.